The molecular formula is C12H15BrFNO2. The van der Waals surface area contributed by atoms with Gasteiger partial charge in [-0.05, 0) is 34.0 Å². The molecule has 94 valence electrons. The normalized spacial score (nSPS) is 12.6. The Bertz CT molecular complexity index is 409. The molecule has 0 bridgehead atoms. The van der Waals surface area contributed by atoms with Gasteiger partial charge in [0, 0.05) is 0 Å². The van der Waals surface area contributed by atoms with Crippen LogP contribution >= 0.6 is 15.9 Å². The van der Waals surface area contributed by atoms with Crippen molar-refractivity contribution in [3.63, 3.8) is 0 Å². The second kappa shape index (κ2) is 6.12. The van der Waals surface area contributed by atoms with Crippen molar-refractivity contribution in [2.45, 2.75) is 19.9 Å². The molecule has 0 fully saturated rings. The predicted molar refractivity (Wildman–Crippen MR) is 67.3 cm³/mol. The number of amides is 1. The van der Waals surface area contributed by atoms with Crippen LogP contribution in [0.25, 0.3) is 0 Å². The highest BCUT2D eigenvalue weighted by atomic mass is 79.9. The van der Waals surface area contributed by atoms with E-state index in [0.29, 0.717) is 0 Å². The maximum absolute atomic E-state index is 13.6. The third-order valence-electron chi connectivity index (χ3n) is 2.51. The molecule has 1 atom stereocenters. The first kappa shape index (κ1) is 14.1. The number of aliphatic hydroxyl groups excluding tert-OH is 1. The Morgan fingerprint density at radius 3 is 2.71 bits per heavy atom. The molecular weight excluding hydrogens is 289 g/mol. The number of hydrogen-bond donors (Lipinski definition) is 2. The Morgan fingerprint density at radius 1 is 1.53 bits per heavy atom. The molecule has 0 saturated heterocycles. The van der Waals surface area contributed by atoms with E-state index in [1.807, 2.05) is 13.8 Å². The number of carbonyl (C=O) groups excluding carboxylic acids is 1. The monoisotopic (exact) mass is 303 g/mol. The van der Waals surface area contributed by atoms with Gasteiger partial charge in [-0.1, -0.05) is 19.9 Å². The average Bonchev–Trinajstić information content (AvgIpc) is 2.28. The molecule has 0 radical (unpaired) electrons. The molecule has 0 aromatic heterocycles. The van der Waals surface area contributed by atoms with Crippen LogP contribution in [-0.4, -0.2) is 23.7 Å². The van der Waals surface area contributed by atoms with Crippen molar-refractivity contribution in [3.05, 3.63) is 34.1 Å². The number of rotatable bonds is 4. The highest BCUT2D eigenvalue weighted by molar-refractivity contribution is 9.10. The van der Waals surface area contributed by atoms with Crippen LogP contribution in [0.1, 0.15) is 24.2 Å². The first-order valence-corrected chi connectivity index (χ1v) is 6.12. The first-order chi connectivity index (χ1) is 7.97. The molecule has 0 spiro atoms. The number of nitrogens with one attached hydrogen (secondary N) is 1. The minimum atomic E-state index is -0.592. The van der Waals surface area contributed by atoms with Crippen molar-refractivity contribution in [3.8, 4) is 0 Å². The maximum Gasteiger partial charge on any atom is 0.254 e. The Hall–Kier alpha value is -0.940. The SMILES string of the molecule is CC(C)[C@@H](CO)NC(=O)c1cccc(Br)c1F. The van der Waals surface area contributed by atoms with E-state index in [-0.39, 0.29) is 28.6 Å². The molecule has 0 heterocycles. The molecule has 0 saturated carbocycles. The van der Waals surface area contributed by atoms with E-state index in [4.69, 9.17) is 5.11 Å². The molecule has 0 aliphatic carbocycles. The lowest BCUT2D eigenvalue weighted by atomic mass is 10.0. The molecule has 0 unspecified atom stereocenters. The Kier molecular flexibility index (Phi) is 5.08. The summed E-state index contributed by atoms with van der Waals surface area (Å²) in [6.45, 7) is 3.58. The van der Waals surface area contributed by atoms with Gasteiger partial charge < -0.3 is 10.4 Å². The third-order valence-corrected chi connectivity index (χ3v) is 3.13. The maximum atomic E-state index is 13.6. The van der Waals surface area contributed by atoms with Gasteiger partial charge in [0.15, 0.2) is 0 Å². The lowest BCUT2D eigenvalue weighted by molar-refractivity contribution is 0.0892. The van der Waals surface area contributed by atoms with Gasteiger partial charge in [-0.3, -0.25) is 4.79 Å². The van der Waals surface area contributed by atoms with Crippen molar-refractivity contribution in [2.75, 3.05) is 6.61 Å². The van der Waals surface area contributed by atoms with Crippen LogP contribution in [0.5, 0.6) is 0 Å². The van der Waals surface area contributed by atoms with Crippen LogP contribution < -0.4 is 5.32 Å². The van der Waals surface area contributed by atoms with Crippen molar-refractivity contribution in [1.82, 2.24) is 5.32 Å². The Balaban J connectivity index is 2.86. The molecule has 1 rings (SSSR count). The van der Waals surface area contributed by atoms with Crippen LogP contribution in [0.2, 0.25) is 0 Å². The Morgan fingerprint density at radius 2 is 2.18 bits per heavy atom. The second-order valence-corrected chi connectivity index (χ2v) is 4.96. The van der Waals surface area contributed by atoms with E-state index < -0.39 is 11.7 Å². The van der Waals surface area contributed by atoms with Crippen molar-refractivity contribution >= 4 is 21.8 Å². The van der Waals surface area contributed by atoms with Gasteiger partial charge in [-0.25, -0.2) is 4.39 Å². The molecule has 3 nitrogen and oxygen atoms in total. The smallest absolute Gasteiger partial charge is 0.254 e. The lowest BCUT2D eigenvalue weighted by Crippen LogP contribution is -2.41. The number of aliphatic hydroxyl groups is 1. The van der Waals surface area contributed by atoms with Crippen LogP contribution in [0.15, 0.2) is 22.7 Å². The molecule has 0 aliphatic rings. The quantitative estimate of drug-likeness (QED) is 0.897. The van der Waals surface area contributed by atoms with Crippen molar-refractivity contribution in [2.24, 2.45) is 5.92 Å². The summed E-state index contributed by atoms with van der Waals surface area (Å²) in [6, 6.07) is 4.15. The number of hydrogen-bond acceptors (Lipinski definition) is 2. The van der Waals surface area contributed by atoms with E-state index >= 15 is 0 Å². The summed E-state index contributed by atoms with van der Waals surface area (Å²) in [6.07, 6.45) is 0. The fraction of sp³-hybridized carbons (Fsp3) is 0.417. The molecule has 1 aromatic carbocycles. The summed E-state index contributed by atoms with van der Waals surface area (Å²) in [7, 11) is 0. The summed E-state index contributed by atoms with van der Waals surface area (Å²) in [5.41, 5.74) is -0.0292. The summed E-state index contributed by atoms with van der Waals surface area (Å²) in [5.74, 6) is -1.03. The summed E-state index contributed by atoms with van der Waals surface area (Å²) in [5, 5.41) is 11.7. The summed E-state index contributed by atoms with van der Waals surface area (Å²) >= 11 is 3.02. The minimum Gasteiger partial charge on any atom is -0.394 e. The summed E-state index contributed by atoms with van der Waals surface area (Å²) in [4.78, 5) is 11.8. The first-order valence-electron chi connectivity index (χ1n) is 5.33. The molecule has 2 N–H and O–H groups in total. The minimum absolute atomic E-state index is 0.0292. The molecule has 1 aromatic rings. The highest BCUT2D eigenvalue weighted by Crippen LogP contribution is 2.18. The van der Waals surface area contributed by atoms with Gasteiger partial charge in [0.2, 0.25) is 0 Å². The van der Waals surface area contributed by atoms with Gasteiger partial charge in [0.05, 0.1) is 22.7 Å². The van der Waals surface area contributed by atoms with E-state index in [9.17, 15) is 9.18 Å². The molecule has 17 heavy (non-hydrogen) atoms. The zero-order valence-electron chi connectivity index (χ0n) is 9.71. The summed E-state index contributed by atoms with van der Waals surface area (Å²) < 4.78 is 13.9. The fourth-order valence-corrected chi connectivity index (χ4v) is 1.71. The third kappa shape index (κ3) is 3.51. The van der Waals surface area contributed by atoms with Gasteiger partial charge in [0.1, 0.15) is 5.82 Å². The number of halogens is 2. The van der Waals surface area contributed by atoms with E-state index in [1.54, 1.807) is 6.07 Å². The van der Waals surface area contributed by atoms with E-state index in [2.05, 4.69) is 21.2 Å². The second-order valence-electron chi connectivity index (χ2n) is 4.11. The van der Waals surface area contributed by atoms with Gasteiger partial charge in [-0.15, -0.1) is 0 Å². The van der Waals surface area contributed by atoms with Crippen LogP contribution in [0.4, 0.5) is 4.39 Å². The van der Waals surface area contributed by atoms with Gasteiger partial charge in [0.25, 0.3) is 5.91 Å². The van der Waals surface area contributed by atoms with E-state index in [0.717, 1.165) is 0 Å². The van der Waals surface area contributed by atoms with Gasteiger partial charge >= 0.3 is 0 Å². The van der Waals surface area contributed by atoms with E-state index in [1.165, 1.54) is 12.1 Å². The highest BCUT2D eigenvalue weighted by Gasteiger charge is 2.19. The molecule has 1 amide bonds. The number of carbonyl (C=O) groups is 1. The van der Waals surface area contributed by atoms with Crippen LogP contribution in [0.3, 0.4) is 0 Å². The zero-order chi connectivity index (χ0) is 13.0. The standard InChI is InChI=1S/C12H15BrFNO2/c1-7(2)10(6-16)15-12(17)8-4-3-5-9(13)11(8)14/h3-5,7,10,16H,6H2,1-2H3,(H,15,17)/t10-/m1/s1. The molecule has 0 aliphatic heterocycles. The van der Waals surface area contributed by atoms with Crippen LogP contribution in [-0.2, 0) is 0 Å². The topological polar surface area (TPSA) is 49.3 Å². The van der Waals surface area contributed by atoms with Gasteiger partial charge in [-0.2, -0.15) is 0 Å². The van der Waals surface area contributed by atoms with Crippen LogP contribution in [0, 0.1) is 11.7 Å². The zero-order valence-corrected chi connectivity index (χ0v) is 11.3. The predicted octanol–water partition coefficient (Wildman–Crippen LogP) is 2.33. The van der Waals surface area contributed by atoms with Crippen molar-refractivity contribution in [1.29, 1.82) is 0 Å². The van der Waals surface area contributed by atoms with Crippen molar-refractivity contribution < 1.29 is 14.3 Å². The average molecular weight is 304 g/mol. The largest absolute Gasteiger partial charge is 0.394 e. The number of benzene rings is 1. The Labute approximate surface area is 108 Å². The lowest BCUT2D eigenvalue weighted by Gasteiger charge is -2.20. The fourth-order valence-electron chi connectivity index (χ4n) is 1.35. The molecule has 5 heteroatoms.